The van der Waals surface area contributed by atoms with Crippen LogP contribution in [0, 0.1) is 11.8 Å². The smallest absolute Gasteiger partial charge is 0.426 e. The Kier molecular flexibility index (Phi) is 7.77. The number of nitrogens with zero attached hydrogens (tertiary/aromatic N) is 2. The summed E-state index contributed by atoms with van der Waals surface area (Å²) in [6.45, 7) is 9.84. The second-order valence-electron chi connectivity index (χ2n) is 10.5. The fourth-order valence-electron chi connectivity index (χ4n) is 4.58. The fraction of sp³-hybridized carbons (Fsp3) is 0.750. The summed E-state index contributed by atoms with van der Waals surface area (Å²) >= 11 is 0. The number of rotatable bonds is 3. The van der Waals surface area contributed by atoms with E-state index >= 15 is 0 Å². The van der Waals surface area contributed by atoms with Crippen molar-refractivity contribution in [2.45, 2.75) is 83.9 Å². The molecule has 4 atom stereocenters. The van der Waals surface area contributed by atoms with E-state index in [-0.39, 0.29) is 24.3 Å². The number of hydrogen-bond donors (Lipinski definition) is 2. The van der Waals surface area contributed by atoms with Gasteiger partial charge in [0.25, 0.3) is 0 Å². The third-order valence-electron chi connectivity index (χ3n) is 6.29. The average Bonchev–Trinajstić information content (AvgIpc) is 3.28. The van der Waals surface area contributed by atoms with Crippen molar-refractivity contribution < 1.29 is 28.7 Å². The lowest BCUT2D eigenvalue weighted by atomic mass is 10.1. The van der Waals surface area contributed by atoms with E-state index in [1.54, 1.807) is 27.7 Å². The summed E-state index contributed by atoms with van der Waals surface area (Å²) in [5, 5.41) is 4.15. The molecule has 10 nitrogen and oxygen atoms in total. The fourth-order valence-corrected chi connectivity index (χ4v) is 4.58. The van der Waals surface area contributed by atoms with E-state index in [1.807, 2.05) is 19.1 Å². The monoisotopic (exact) mass is 478 g/mol. The summed E-state index contributed by atoms with van der Waals surface area (Å²) in [6, 6.07) is -1.20. The number of hydrogen-bond acceptors (Lipinski definition) is 6. The van der Waals surface area contributed by atoms with Gasteiger partial charge < -0.3 is 19.7 Å². The van der Waals surface area contributed by atoms with E-state index in [0.29, 0.717) is 32.4 Å². The molecule has 2 heterocycles. The molecule has 0 aromatic rings. The zero-order valence-electron chi connectivity index (χ0n) is 20.9. The van der Waals surface area contributed by atoms with Crippen LogP contribution in [0.4, 0.5) is 9.59 Å². The van der Waals surface area contributed by atoms with E-state index < -0.39 is 35.3 Å². The second kappa shape index (κ2) is 10.2. The molecule has 2 aliphatic heterocycles. The van der Waals surface area contributed by atoms with E-state index in [2.05, 4.69) is 10.7 Å². The molecule has 4 amide bonds. The first-order valence-electron chi connectivity index (χ1n) is 12.2. The lowest BCUT2D eigenvalue weighted by molar-refractivity contribution is -0.149. The van der Waals surface area contributed by atoms with Gasteiger partial charge in [-0.15, -0.1) is 0 Å². The Morgan fingerprint density at radius 1 is 1.26 bits per heavy atom. The third-order valence-corrected chi connectivity index (χ3v) is 6.29. The Bertz CT molecular complexity index is 838. The molecule has 1 saturated carbocycles. The molecule has 0 spiro atoms. The van der Waals surface area contributed by atoms with Crippen molar-refractivity contribution in [2.24, 2.45) is 11.8 Å². The van der Waals surface area contributed by atoms with Gasteiger partial charge in [-0.05, 0) is 65.7 Å². The van der Waals surface area contributed by atoms with Crippen LogP contribution >= 0.6 is 0 Å². The highest BCUT2D eigenvalue weighted by atomic mass is 16.6. The van der Waals surface area contributed by atoms with Gasteiger partial charge in [0.1, 0.15) is 17.2 Å². The molecule has 0 unspecified atom stereocenters. The number of nitrogens with one attached hydrogen (secondary N) is 2. The summed E-state index contributed by atoms with van der Waals surface area (Å²) in [4.78, 5) is 53.5. The normalized spacial score (nSPS) is 30.9. The molecule has 0 radical (unpaired) electrons. The van der Waals surface area contributed by atoms with Crippen LogP contribution in [-0.4, -0.2) is 70.8 Å². The average molecular weight is 479 g/mol. The van der Waals surface area contributed by atoms with E-state index in [9.17, 15) is 19.2 Å². The Balaban J connectivity index is 1.84. The van der Waals surface area contributed by atoms with Crippen LogP contribution in [0.5, 0.6) is 0 Å². The molecular formula is C24H38N4O6. The van der Waals surface area contributed by atoms with E-state index in [1.165, 1.54) is 9.91 Å². The first kappa shape index (κ1) is 25.8. The Morgan fingerprint density at radius 3 is 2.68 bits per heavy atom. The molecule has 0 bridgehead atoms. The van der Waals surface area contributed by atoms with Gasteiger partial charge in [-0.3, -0.25) is 4.79 Å². The summed E-state index contributed by atoms with van der Waals surface area (Å²) in [5.74, 6) is -0.850. The SMILES string of the molecule is CCOC(=O)[C@@]12C[C@@H]1/C=C\CCCCN(NC(=O)OC(C)(C)C)C(=O)N1C[C@H](C)C[C@H]1C(=O)N2. The highest BCUT2D eigenvalue weighted by Crippen LogP contribution is 2.46. The molecule has 34 heavy (non-hydrogen) atoms. The van der Waals surface area contributed by atoms with Crippen molar-refractivity contribution in [2.75, 3.05) is 19.7 Å². The Labute approximate surface area is 201 Å². The van der Waals surface area contributed by atoms with Gasteiger partial charge >= 0.3 is 18.1 Å². The van der Waals surface area contributed by atoms with Gasteiger partial charge in [-0.1, -0.05) is 19.1 Å². The quantitative estimate of drug-likeness (QED) is 0.476. The highest BCUT2D eigenvalue weighted by molar-refractivity contribution is 5.95. The number of urea groups is 1. The molecule has 0 aromatic carbocycles. The lowest BCUT2D eigenvalue weighted by Gasteiger charge is -2.32. The van der Waals surface area contributed by atoms with Crippen molar-refractivity contribution in [3.05, 3.63) is 12.2 Å². The van der Waals surface area contributed by atoms with Crippen LogP contribution < -0.4 is 10.7 Å². The zero-order valence-corrected chi connectivity index (χ0v) is 20.9. The number of amides is 4. The van der Waals surface area contributed by atoms with Gasteiger partial charge in [-0.25, -0.2) is 24.8 Å². The number of hydrazine groups is 1. The van der Waals surface area contributed by atoms with Crippen molar-refractivity contribution in [1.29, 1.82) is 0 Å². The van der Waals surface area contributed by atoms with Gasteiger partial charge in [0, 0.05) is 19.0 Å². The number of allylic oxidation sites excluding steroid dienone is 1. The number of carbonyl (C=O) groups is 4. The summed E-state index contributed by atoms with van der Waals surface area (Å²) in [6.07, 6.45) is 6.40. The van der Waals surface area contributed by atoms with Gasteiger partial charge in [0.2, 0.25) is 5.91 Å². The minimum atomic E-state index is -1.08. The summed E-state index contributed by atoms with van der Waals surface area (Å²) < 4.78 is 10.6. The maximum absolute atomic E-state index is 13.5. The van der Waals surface area contributed by atoms with Crippen LogP contribution in [0.1, 0.15) is 66.7 Å². The van der Waals surface area contributed by atoms with Crippen LogP contribution in [0.3, 0.4) is 0 Å². The van der Waals surface area contributed by atoms with Crippen LogP contribution in [0.2, 0.25) is 0 Å². The minimum Gasteiger partial charge on any atom is -0.464 e. The first-order valence-corrected chi connectivity index (χ1v) is 12.2. The molecule has 0 aromatic heterocycles. The predicted octanol–water partition coefficient (Wildman–Crippen LogP) is 2.74. The number of esters is 1. The molecule has 1 saturated heterocycles. The Morgan fingerprint density at radius 2 is 2.00 bits per heavy atom. The standard InChI is InChI=1S/C24H38N4O6/c1-6-33-20(30)24-14-17(24)11-9-7-8-10-12-28(26-21(31)34-23(3,4)5)22(32)27-15-16(2)13-18(27)19(29)25-24/h9,11,16-18H,6-8,10,12-15H2,1-5H3,(H,25,29)(H,26,31)/b11-9-/t16-,17+,18+,24-/m1/s1. The van der Waals surface area contributed by atoms with Gasteiger partial charge in [-0.2, -0.15) is 0 Å². The van der Waals surface area contributed by atoms with Crippen LogP contribution in [-0.2, 0) is 19.1 Å². The molecule has 10 heteroatoms. The van der Waals surface area contributed by atoms with E-state index in [0.717, 1.165) is 12.8 Å². The van der Waals surface area contributed by atoms with Gasteiger partial charge in [0.15, 0.2) is 0 Å². The van der Waals surface area contributed by atoms with Crippen molar-refractivity contribution in [3.8, 4) is 0 Å². The van der Waals surface area contributed by atoms with E-state index in [4.69, 9.17) is 9.47 Å². The maximum atomic E-state index is 13.5. The van der Waals surface area contributed by atoms with Crippen molar-refractivity contribution in [1.82, 2.24) is 20.7 Å². The largest absolute Gasteiger partial charge is 0.464 e. The highest BCUT2D eigenvalue weighted by Gasteiger charge is 2.62. The zero-order chi connectivity index (χ0) is 25.1. The predicted molar refractivity (Wildman–Crippen MR) is 124 cm³/mol. The van der Waals surface area contributed by atoms with Gasteiger partial charge in [0.05, 0.1) is 6.61 Å². The number of fused-ring (bicyclic) bond motifs is 2. The maximum Gasteiger partial charge on any atom is 0.426 e. The van der Waals surface area contributed by atoms with Crippen LogP contribution in [0.25, 0.3) is 0 Å². The topological polar surface area (TPSA) is 117 Å². The van der Waals surface area contributed by atoms with Crippen molar-refractivity contribution in [3.63, 3.8) is 0 Å². The molecule has 2 fully saturated rings. The van der Waals surface area contributed by atoms with Crippen LogP contribution in [0.15, 0.2) is 12.2 Å². The lowest BCUT2D eigenvalue weighted by Crippen LogP contribution is -2.58. The number of carbonyl (C=O) groups excluding carboxylic acids is 4. The summed E-state index contributed by atoms with van der Waals surface area (Å²) in [5.41, 5.74) is 0.768. The molecule has 1 aliphatic carbocycles. The Hall–Kier alpha value is -2.78. The molecule has 190 valence electrons. The molecule has 2 N–H and O–H groups in total. The third kappa shape index (κ3) is 6.01. The second-order valence-corrected chi connectivity index (χ2v) is 10.5. The summed E-state index contributed by atoms with van der Waals surface area (Å²) in [7, 11) is 0. The molecule has 3 rings (SSSR count). The minimum absolute atomic E-state index is 0.0900. The number of ether oxygens (including phenoxy) is 2. The van der Waals surface area contributed by atoms with Crippen molar-refractivity contribution >= 4 is 24.0 Å². The molecular weight excluding hydrogens is 440 g/mol. The molecule has 3 aliphatic rings. The first-order chi connectivity index (χ1) is 16.0.